The molecule has 0 amide bonds. The molecule has 0 N–H and O–H groups in total. The molecule has 0 atom stereocenters. The summed E-state index contributed by atoms with van der Waals surface area (Å²) < 4.78 is 13.3. The molecule has 4 fully saturated rings. The van der Waals surface area contributed by atoms with Gasteiger partial charge in [0.2, 0.25) is 0 Å². The summed E-state index contributed by atoms with van der Waals surface area (Å²) in [4.78, 5) is 0. The van der Waals surface area contributed by atoms with Gasteiger partial charge >= 0.3 is 0 Å². The monoisotopic (exact) mass is 668 g/mol. The van der Waals surface area contributed by atoms with Crippen LogP contribution >= 0.6 is 0 Å². The molecule has 0 unspecified atom stereocenters. The number of para-hydroxylation sites is 2. The molecule has 8 aromatic rings. The molecule has 14 rings (SSSR count). The van der Waals surface area contributed by atoms with Gasteiger partial charge in [-0.15, -0.1) is 0 Å². The van der Waals surface area contributed by atoms with Crippen LogP contribution in [0.3, 0.4) is 0 Å². The zero-order chi connectivity index (χ0) is 33.7. The van der Waals surface area contributed by atoms with Crippen LogP contribution in [0.4, 0.5) is 0 Å². The molecule has 5 aliphatic carbocycles. The van der Waals surface area contributed by atoms with E-state index in [-0.39, 0.29) is 5.41 Å². The minimum absolute atomic E-state index is 0.163. The zero-order valence-corrected chi connectivity index (χ0v) is 28.9. The fraction of sp³-hybridized carbons (Fsp3) is 0.200. The van der Waals surface area contributed by atoms with Gasteiger partial charge in [0.25, 0.3) is 0 Å². The molecular weight excluding hydrogens is 633 g/mol. The number of ether oxygens (including phenoxy) is 1. The van der Waals surface area contributed by atoms with Gasteiger partial charge in [0, 0.05) is 32.7 Å². The van der Waals surface area contributed by atoms with Crippen molar-refractivity contribution in [1.29, 1.82) is 0 Å². The largest absolute Gasteiger partial charge is 0.456 e. The Bertz CT molecular complexity index is 2820. The molecule has 0 saturated heterocycles. The normalized spacial score (nSPS) is 24.4. The van der Waals surface area contributed by atoms with Crippen LogP contribution in [-0.2, 0) is 5.41 Å². The highest BCUT2D eigenvalue weighted by Gasteiger charge is 2.61. The van der Waals surface area contributed by atoms with E-state index in [0.29, 0.717) is 0 Å². The Kier molecular flexibility index (Phi) is 5.30. The van der Waals surface area contributed by atoms with Gasteiger partial charge in [-0.1, -0.05) is 103 Å². The summed E-state index contributed by atoms with van der Waals surface area (Å²) in [6.07, 6.45) is 7.07. The molecule has 2 heteroatoms. The van der Waals surface area contributed by atoms with Crippen molar-refractivity contribution >= 4 is 32.7 Å². The summed E-state index contributed by atoms with van der Waals surface area (Å²) in [6, 6.07) is 49.5. The van der Waals surface area contributed by atoms with E-state index in [1.807, 2.05) is 6.07 Å². The molecule has 0 radical (unpaired) electrons. The maximum atomic E-state index is 6.75. The van der Waals surface area contributed by atoms with E-state index in [2.05, 4.69) is 127 Å². The molecule has 1 spiro atoms. The number of fused-ring (bicyclic) bond motifs is 8. The average Bonchev–Trinajstić information content (AvgIpc) is 3.71. The van der Waals surface area contributed by atoms with Crippen LogP contribution in [0.5, 0.6) is 11.5 Å². The highest BCUT2D eigenvalue weighted by molar-refractivity contribution is 6.15. The molecular formula is C50H36O2. The van der Waals surface area contributed by atoms with E-state index in [1.54, 1.807) is 11.1 Å². The van der Waals surface area contributed by atoms with Gasteiger partial charge in [-0.2, -0.15) is 0 Å². The van der Waals surface area contributed by atoms with Gasteiger partial charge < -0.3 is 9.15 Å². The maximum Gasteiger partial charge on any atom is 0.143 e. The van der Waals surface area contributed by atoms with Crippen LogP contribution < -0.4 is 4.74 Å². The third-order valence-corrected chi connectivity index (χ3v) is 14.1. The fourth-order valence-corrected chi connectivity index (χ4v) is 12.4. The Morgan fingerprint density at radius 1 is 0.462 bits per heavy atom. The van der Waals surface area contributed by atoms with Gasteiger partial charge in [0.05, 0.1) is 0 Å². The van der Waals surface area contributed by atoms with Crippen molar-refractivity contribution < 1.29 is 9.15 Å². The standard InChI is InChI=1S/C50H36O2/c1-3-15-42-40(9-1)47-33(10-7-16-43(47)50(42)31-23-28-22-29(25-31)26-32(50)24-28)30-18-20-45-41(27-30)37-12-5-11-36-34(19-21-46(51-45)48(36)37)38-13-6-14-39-35-8-2-4-17-44(35)52-49(38)39/h1-21,27-29,31-32H,22-26H2. The predicted molar refractivity (Wildman–Crippen MR) is 211 cm³/mol. The van der Waals surface area contributed by atoms with Crippen LogP contribution in [0.1, 0.15) is 43.2 Å². The number of furan rings is 1. The van der Waals surface area contributed by atoms with E-state index in [9.17, 15) is 0 Å². The molecule has 2 nitrogen and oxygen atoms in total. The summed E-state index contributed by atoms with van der Waals surface area (Å²) in [5.41, 5.74) is 15.4. The molecule has 52 heavy (non-hydrogen) atoms. The lowest BCUT2D eigenvalue weighted by Gasteiger charge is -2.61. The van der Waals surface area contributed by atoms with E-state index >= 15 is 0 Å². The first kappa shape index (κ1) is 28.0. The summed E-state index contributed by atoms with van der Waals surface area (Å²) in [5.74, 6) is 5.21. The minimum Gasteiger partial charge on any atom is -0.456 e. The Labute approximate surface area is 302 Å². The van der Waals surface area contributed by atoms with E-state index < -0.39 is 0 Å². The molecule has 6 aliphatic rings. The van der Waals surface area contributed by atoms with Gasteiger partial charge in [0.15, 0.2) is 0 Å². The van der Waals surface area contributed by atoms with Gasteiger partial charge in [-0.05, 0) is 136 Å². The Hall–Kier alpha value is -5.60. The second-order valence-electron chi connectivity index (χ2n) is 16.4. The van der Waals surface area contributed by atoms with Crippen LogP contribution in [0.25, 0.3) is 77.2 Å². The minimum atomic E-state index is 0.163. The SMILES string of the molecule is c1ccc2c(c1)-c1c(-c3ccc4c(c3)-c3cccc5c(-c6cccc7c6oc6ccccc67)ccc(c35)O4)cccc1C21C2CC3CC(C2)CC1C3. The van der Waals surface area contributed by atoms with Gasteiger partial charge in [-0.25, -0.2) is 0 Å². The van der Waals surface area contributed by atoms with E-state index in [4.69, 9.17) is 9.15 Å². The zero-order valence-electron chi connectivity index (χ0n) is 28.9. The first-order chi connectivity index (χ1) is 25.7. The summed E-state index contributed by atoms with van der Waals surface area (Å²) in [6.45, 7) is 0. The highest BCUT2D eigenvalue weighted by Crippen LogP contribution is 2.70. The second-order valence-corrected chi connectivity index (χ2v) is 16.4. The van der Waals surface area contributed by atoms with Crippen molar-refractivity contribution in [3.8, 4) is 56.0 Å². The Balaban J connectivity index is 0.995. The summed E-state index contributed by atoms with van der Waals surface area (Å²) in [5, 5.41) is 4.63. The lowest BCUT2D eigenvalue weighted by molar-refractivity contribution is -0.0399. The van der Waals surface area contributed by atoms with Crippen LogP contribution in [-0.4, -0.2) is 0 Å². The molecule has 7 aromatic carbocycles. The van der Waals surface area contributed by atoms with Crippen molar-refractivity contribution in [1.82, 2.24) is 0 Å². The summed E-state index contributed by atoms with van der Waals surface area (Å²) >= 11 is 0. The third kappa shape index (κ3) is 3.42. The lowest BCUT2D eigenvalue weighted by Crippen LogP contribution is -2.55. The van der Waals surface area contributed by atoms with Crippen molar-refractivity contribution in [2.75, 3.05) is 0 Å². The lowest BCUT2D eigenvalue weighted by atomic mass is 9.43. The van der Waals surface area contributed by atoms with Crippen LogP contribution in [0.15, 0.2) is 138 Å². The number of rotatable bonds is 2. The van der Waals surface area contributed by atoms with Crippen molar-refractivity contribution in [3.05, 3.63) is 145 Å². The third-order valence-electron chi connectivity index (χ3n) is 14.1. The smallest absolute Gasteiger partial charge is 0.143 e. The first-order valence-electron chi connectivity index (χ1n) is 19.3. The summed E-state index contributed by atoms with van der Waals surface area (Å²) in [7, 11) is 0. The van der Waals surface area contributed by atoms with E-state index in [1.165, 1.54) is 65.3 Å². The maximum absolute atomic E-state index is 6.75. The second kappa shape index (κ2) is 9.83. The highest BCUT2D eigenvalue weighted by atomic mass is 16.5. The van der Waals surface area contributed by atoms with E-state index in [0.717, 1.165) is 79.2 Å². The Morgan fingerprint density at radius 2 is 1.13 bits per heavy atom. The van der Waals surface area contributed by atoms with Gasteiger partial charge in [-0.3, -0.25) is 0 Å². The van der Waals surface area contributed by atoms with Crippen LogP contribution in [0, 0.1) is 23.7 Å². The topological polar surface area (TPSA) is 22.4 Å². The van der Waals surface area contributed by atoms with Crippen molar-refractivity contribution in [2.24, 2.45) is 23.7 Å². The quantitative estimate of drug-likeness (QED) is 0.183. The Morgan fingerprint density at radius 3 is 2.02 bits per heavy atom. The number of hydrogen-bond donors (Lipinski definition) is 0. The average molecular weight is 669 g/mol. The fourth-order valence-electron chi connectivity index (χ4n) is 12.4. The molecule has 2 heterocycles. The van der Waals surface area contributed by atoms with Gasteiger partial charge in [0.1, 0.15) is 22.7 Å². The number of benzene rings is 7. The molecule has 1 aliphatic heterocycles. The molecule has 4 saturated carbocycles. The molecule has 1 aromatic heterocycles. The van der Waals surface area contributed by atoms with Crippen molar-refractivity contribution in [3.63, 3.8) is 0 Å². The van der Waals surface area contributed by atoms with Crippen LogP contribution in [0.2, 0.25) is 0 Å². The predicted octanol–water partition coefficient (Wildman–Crippen LogP) is 13.6. The van der Waals surface area contributed by atoms with Crippen molar-refractivity contribution in [2.45, 2.75) is 37.5 Å². The number of hydrogen-bond acceptors (Lipinski definition) is 2. The first-order valence-corrected chi connectivity index (χ1v) is 19.3. The molecule has 248 valence electrons. The molecule has 4 bridgehead atoms.